The number of guanidine groups is 1. The molecule has 0 aliphatic rings. The van der Waals surface area contributed by atoms with Crippen LogP contribution in [0.3, 0.4) is 0 Å². The molecule has 0 spiro atoms. The van der Waals surface area contributed by atoms with E-state index in [0.29, 0.717) is 0 Å². The number of nitrogens with two attached hydrogens (primary N) is 1. The van der Waals surface area contributed by atoms with Crippen molar-refractivity contribution in [1.82, 2.24) is 20.8 Å². The lowest BCUT2D eigenvalue weighted by molar-refractivity contribution is 0.0938. The van der Waals surface area contributed by atoms with Crippen LogP contribution in [0.5, 0.6) is 0 Å². The molecule has 7 nitrogen and oxygen atoms in total. The van der Waals surface area contributed by atoms with Gasteiger partial charge in [0.1, 0.15) is 5.69 Å². The molecular formula is C6H8N6O. The van der Waals surface area contributed by atoms with Crippen LogP contribution in [0.2, 0.25) is 0 Å². The molecule has 0 atom stereocenters. The molecule has 0 aromatic carbocycles. The summed E-state index contributed by atoms with van der Waals surface area (Å²) in [4.78, 5) is 18.5. The zero-order valence-electron chi connectivity index (χ0n) is 6.61. The first kappa shape index (κ1) is 8.91. The van der Waals surface area contributed by atoms with Gasteiger partial charge in [0.2, 0.25) is 5.96 Å². The minimum absolute atomic E-state index is 0.149. The van der Waals surface area contributed by atoms with Gasteiger partial charge in [-0.15, -0.1) is 0 Å². The van der Waals surface area contributed by atoms with E-state index in [1.807, 2.05) is 0 Å². The van der Waals surface area contributed by atoms with E-state index in [1.165, 1.54) is 18.6 Å². The Bertz CT molecular complexity index is 310. The molecule has 7 heteroatoms. The highest BCUT2D eigenvalue weighted by atomic mass is 16.2. The van der Waals surface area contributed by atoms with Gasteiger partial charge >= 0.3 is 0 Å². The third-order valence-electron chi connectivity index (χ3n) is 1.11. The standard InChI is InChI=1S/C6H8N6O/c7-6(8)12-11-5(13)4-3-9-1-2-10-4/h1-3H,(H,11,13)(H4,7,8,12). The summed E-state index contributed by atoms with van der Waals surface area (Å²) in [7, 11) is 0. The van der Waals surface area contributed by atoms with Crippen LogP contribution in [0.1, 0.15) is 10.5 Å². The highest BCUT2D eigenvalue weighted by molar-refractivity contribution is 5.93. The number of nitrogens with one attached hydrogen (secondary N) is 3. The van der Waals surface area contributed by atoms with E-state index in [4.69, 9.17) is 11.1 Å². The van der Waals surface area contributed by atoms with Crippen molar-refractivity contribution in [2.45, 2.75) is 0 Å². The molecule has 1 rings (SSSR count). The Kier molecular flexibility index (Phi) is 2.74. The summed E-state index contributed by atoms with van der Waals surface area (Å²) in [6.07, 6.45) is 4.15. The van der Waals surface area contributed by atoms with E-state index in [0.717, 1.165) is 0 Å². The molecule has 1 amide bonds. The Morgan fingerprint density at radius 2 is 2.23 bits per heavy atom. The van der Waals surface area contributed by atoms with Gasteiger partial charge in [0.15, 0.2) is 0 Å². The third-order valence-corrected chi connectivity index (χ3v) is 1.11. The van der Waals surface area contributed by atoms with Crippen LogP contribution >= 0.6 is 0 Å². The second-order valence-corrected chi connectivity index (χ2v) is 2.08. The predicted molar refractivity (Wildman–Crippen MR) is 44.5 cm³/mol. The smallest absolute Gasteiger partial charge is 0.289 e. The van der Waals surface area contributed by atoms with Gasteiger partial charge in [-0.3, -0.25) is 26.0 Å². The lowest BCUT2D eigenvalue weighted by Crippen LogP contribution is -2.45. The highest BCUT2D eigenvalue weighted by Gasteiger charge is 2.04. The fourth-order valence-corrected chi connectivity index (χ4v) is 0.604. The number of hydrogen-bond acceptors (Lipinski definition) is 4. The van der Waals surface area contributed by atoms with Gasteiger partial charge in [0, 0.05) is 12.4 Å². The van der Waals surface area contributed by atoms with Crippen LogP contribution in [0, 0.1) is 5.41 Å². The Balaban J connectivity index is 2.54. The molecule has 1 aromatic heterocycles. The zero-order chi connectivity index (χ0) is 9.68. The van der Waals surface area contributed by atoms with Crippen molar-refractivity contribution in [1.29, 1.82) is 5.41 Å². The molecule has 0 aliphatic carbocycles. The van der Waals surface area contributed by atoms with E-state index in [1.54, 1.807) is 0 Å². The number of aromatic nitrogens is 2. The minimum atomic E-state index is -0.497. The molecule has 0 unspecified atom stereocenters. The van der Waals surface area contributed by atoms with Crippen LogP contribution in [-0.4, -0.2) is 21.8 Å². The van der Waals surface area contributed by atoms with Crippen molar-refractivity contribution in [3.05, 3.63) is 24.3 Å². The van der Waals surface area contributed by atoms with Gasteiger partial charge < -0.3 is 5.73 Å². The summed E-state index contributed by atoms with van der Waals surface area (Å²) in [6.45, 7) is 0. The molecule has 1 heterocycles. The number of hydrogen-bond donors (Lipinski definition) is 4. The normalized spacial score (nSPS) is 8.92. The van der Waals surface area contributed by atoms with Gasteiger partial charge in [-0.25, -0.2) is 4.98 Å². The summed E-state index contributed by atoms with van der Waals surface area (Å²) in [5.74, 6) is -0.847. The summed E-state index contributed by atoms with van der Waals surface area (Å²) in [5, 5.41) is 6.77. The Morgan fingerprint density at radius 1 is 1.46 bits per heavy atom. The van der Waals surface area contributed by atoms with Gasteiger partial charge in [0.05, 0.1) is 6.20 Å². The summed E-state index contributed by atoms with van der Waals surface area (Å²) >= 11 is 0. The van der Waals surface area contributed by atoms with Crippen molar-refractivity contribution in [2.24, 2.45) is 5.73 Å². The topological polar surface area (TPSA) is 117 Å². The van der Waals surface area contributed by atoms with Crippen LogP contribution in [0.4, 0.5) is 0 Å². The Morgan fingerprint density at radius 3 is 2.77 bits per heavy atom. The SMILES string of the molecule is N=C(N)NNC(=O)c1cnccn1. The zero-order valence-corrected chi connectivity index (χ0v) is 6.61. The van der Waals surface area contributed by atoms with E-state index < -0.39 is 5.91 Å². The van der Waals surface area contributed by atoms with Crippen molar-refractivity contribution < 1.29 is 4.79 Å². The fourth-order valence-electron chi connectivity index (χ4n) is 0.604. The largest absolute Gasteiger partial charge is 0.369 e. The fraction of sp³-hybridized carbons (Fsp3) is 0. The minimum Gasteiger partial charge on any atom is -0.369 e. The summed E-state index contributed by atoms with van der Waals surface area (Å²) < 4.78 is 0. The van der Waals surface area contributed by atoms with Crippen LogP contribution in [-0.2, 0) is 0 Å². The molecule has 0 saturated carbocycles. The highest BCUT2D eigenvalue weighted by Crippen LogP contribution is 1.87. The molecule has 0 bridgehead atoms. The molecule has 68 valence electrons. The Labute approximate surface area is 73.9 Å². The summed E-state index contributed by atoms with van der Waals surface area (Å²) in [5.41, 5.74) is 9.38. The van der Waals surface area contributed by atoms with Crippen LogP contribution in [0.15, 0.2) is 18.6 Å². The second kappa shape index (κ2) is 4.00. The molecule has 5 N–H and O–H groups in total. The molecule has 0 fully saturated rings. The van der Waals surface area contributed by atoms with Gasteiger partial charge in [-0.05, 0) is 0 Å². The van der Waals surface area contributed by atoms with Crippen LogP contribution < -0.4 is 16.6 Å². The maximum atomic E-state index is 11.1. The molecule has 1 aromatic rings. The number of carbonyl (C=O) groups is 1. The maximum Gasteiger partial charge on any atom is 0.289 e. The molecule has 13 heavy (non-hydrogen) atoms. The monoisotopic (exact) mass is 180 g/mol. The molecule has 0 radical (unpaired) electrons. The van der Waals surface area contributed by atoms with E-state index in [-0.39, 0.29) is 11.7 Å². The number of nitrogens with zero attached hydrogens (tertiary/aromatic N) is 2. The average Bonchev–Trinajstić information content (AvgIpc) is 2.15. The lowest BCUT2D eigenvalue weighted by Gasteiger charge is -2.04. The van der Waals surface area contributed by atoms with Crippen molar-refractivity contribution in [3.8, 4) is 0 Å². The third kappa shape index (κ3) is 2.73. The molecule has 0 aliphatic heterocycles. The maximum absolute atomic E-state index is 11.1. The van der Waals surface area contributed by atoms with Crippen molar-refractivity contribution in [2.75, 3.05) is 0 Å². The van der Waals surface area contributed by atoms with E-state index >= 15 is 0 Å². The summed E-state index contributed by atoms with van der Waals surface area (Å²) in [6, 6.07) is 0. The number of amides is 1. The quantitative estimate of drug-likeness (QED) is 0.241. The second-order valence-electron chi connectivity index (χ2n) is 2.08. The first-order valence-electron chi connectivity index (χ1n) is 3.36. The Hall–Kier alpha value is -2.18. The predicted octanol–water partition coefficient (Wildman–Crippen LogP) is -1.40. The van der Waals surface area contributed by atoms with E-state index in [9.17, 15) is 4.79 Å². The van der Waals surface area contributed by atoms with Crippen molar-refractivity contribution in [3.63, 3.8) is 0 Å². The number of rotatable bonds is 1. The first-order chi connectivity index (χ1) is 6.20. The molecular weight excluding hydrogens is 172 g/mol. The number of carbonyl (C=O) groups excluding carboxylic acids is 1. The van der Waals surface area contributed by atoms with Gasteiger partial charge in [0.25, 0.3) is 5.91 Å². The van der Waals surface area contributed by atoms with Crippen LogP contribution in [0.25, 0.3) is 0 Å². The first-order valence-corrected chi connectivity index (χ1v) is 3.36. The van der Waals surface area contributed by atoms with Gasteiger partial charge in [-0.2, -0.15) is 0 Å². The average molecular weight is 180 g/mol. The van der Waals surface area contributed by atoms with Crippen molar-refractivity contribution >= 4 is 11.9 Å². The van der Waals surface area contributed by atoms with E-state index in [2.05, 4.69) is 20.8 Å². The van der Waals surface area contributed by atoms with Gasteiger partial charge in [-0.1, -0.05) is 0 Å². The molecule has 0 saturated heterocycles. The number of hydrazine groups is 1. The lowest BCUT2D eigenvalue weighted by atomic mass is 10.4.